The van der Waals surface area contributed by atoms with Crippen molar-refractivity contribution in [1.82, 2.24) is 0 Å². The average Bonchev–Trinajstić information content (AvgIpc) is 2.59. The third kappa shape index (κ3) is 3.05. The van der Waals surface area contributed by atoms with Gasteiger partial charge in [0.2, 0.25) is 11.9 Å². The standard InChI is InChI=1S/C13H11F3N2O2/c14-13(15,16)12(20)9-2-1-8-5-10(18-7-19)3-4-11(8)17-6-9/h3-5,9,17H,1-2,6H2. The van der Waals surface area contributed by atoms with E-state index in [4.69, 9.17) is 0 Å². The SMILES string of the molecule is O=C=Nc1ccc2c(c1)CCC(C(=O)C(F)(F)F)CN2. The maximum atomic E-state index is 12.4. The number of aliphatic imine (C=N–C) groups is 1. The van der Waals surface area contributed by atoms with Crippen molar-refractivity contribution in [3.05, 3.63) is 23.8 Å². The number of fused-ring (bicyclic) bond motifs is 1. The van der Waals surface area contributed by atoms with Crippen LogP contribution >= 0.6 is 0 Å². The molecule has 1 aliphatic rings. The molecule has 0 bridgehead atoms. The Morgan fingerprint density at radius 2 is 2.15 bits per heavy atom. The first-order chi connectivity index (χ1) is 9.41. The van der Waals surface area contributed by atoms with Crippen molar-refractivity contribution in [2.75, 3.05) is 11.9 Å². The Hall–Kier alpha value is -2.14. The number of Topliss-reactive ketones (excluding diaryl/α,β-unsaturated/α-hetero) is 1. The van der Waals surface area contributed by atoms with Gasteiger partial charge in [-0.1, -0.05) is 0 Å². The molecular formula is C13H11F3N2O2. The molecule has 1 atom stereocenters. The monoisotopic (exact) mass is 284 g/mol. The van der Waals surface area contributed by atoms with Crippen LogP contribution in [0.15, 0.2) is 23.2 Å². The topological polar surface area (TPSA) is 58.5 Å². The third-order valence-electron chi connectivity index (χ3n) is 3.21. The summed E-state index contributed by atoms with van der Waals surface area (Å²) in [6, 6.07) is 4.79. The number of rotatable bonds is 2. The minimum atomic E-state index is -4.81. The van der Waals surface area contributed by atoms with Gasteiger partial charge in [-0.05, 0) is 36.6 Å². The van der Waals surface area contributed by atoms with Gasteiger partial charge in [0.15, 0.2) is 0 Å². The fraction of sp³-hybridized carbons (Fsp3) is 0.385. The van der Waals surface area contributed by atoms with Gasteiger partial charge in [0, 0.05) is 18.2 Å². The first kappa shape index (κ1) is 14.3. The molecule has 4 nitrogen and oxygen atoms in total. The second-order valence-corrected chi connectivity index (χ2v) is 4.52. The van der Waals surface area contributed by atoms with Crippen LogP contribution < -0.4 is 5.32 Å². The highest BCUT2D eigenvalue weighted by atomic mass is 19.4. The first-order valence-corrected chi connectivity index (χ1v) is 5.97. The Morgan fingerprint density at radius 3 is 2.80 bits per heavy atom. The number of carbonyl (C=O) groups excluding carboxylic acids is 2. The Morgan fingerprint density at radius 1 is 1.40 bits per heavy atom. The Balaban J connectivity index is 2.18. The van der Waals surface area contributed by atoms with Crippen LogP contribution in [0.25, 0.3) is 0 Å². The van der Waals surface area contributed by atoms with Crippen molar-refractivity contribution in [2.24, 2.45) is 10.9 Å². The van der Waals surface area contributed by atoms with Crippen molar-refractivity contribution < 1.29 is 22.8 Å². The van der Waals surface area contributed by atoms with Crippen LogP contribution in [0, 0.1) is 5.92 Å². The second-order valence-electron chi connectivity index (χ2n) is 4.52. The van der Waals surface area contributed by atoms with Gasteiger partial charge in [0.1, 0.15) is 0 Å². The highest BCUT2D eigenvalue weighted by Crippen LogP contribution is 2.30. The lowest BCUT2D eigenvalue weighted by Crippen LogP contribution is -2.34. The van der Waals surface area contributed by atoms with E-state index < -0.39 is 17.9 Å². The lowest BCUT2D eigenvalue weighted by atomic mass is 9.96. The number of hydrogen-bond acceptors (Lipinski definition) is 4. The highest BCUT2D eigenvalue weighted by Gasteiger charge is 2.43. The summed E-state index contributed by atoms with van der Waals surface area (Å²) < 4.78 is 37.3. The summed E-state index contributed by atoms with van der Waals surface area (Å²) in [5.74, 6) is -2.80. The molecule has 1 aliphatic heterocycles. The normalized spacial score (nSPS) is 18.2. The maximum Gasteiger partial charge on any atom is 0.450 e. The number of alkyl halides is 3. The van der Waals surface area contributed by atoms with E-state index in [1.165, 1.54) is 6.08 Å². The molecule has 2 rings (SSSR count). The predicted octanol–water partition coefficient (Wildman–Crippen LogP) is 2.76. The number of aryl methyl sites for hydroxylation is 1. The molecule has 1 heterocycles. The predicted molar refractivity (Wildman–Crippen MR) is 65.6 cm³/mol. The number of ketones is 1. The van der Waals surface area contributed by atoms with Gasteiger partial charge < -0.3 is 5.32 Å². The average molecular weight is 284 g/mol. The van der Waals surface area contributed by atoms with Crippen LogP contribution in [0.5, 0.6) is 0 Å². The number of halogens is 3. The summed E-state index contributed by atoms with van der Waals surface area (Å²) in [4.78, 5) is 24.9. The number of isocyanates is 1. The molecule has 20 heavy (non-hydrogen) atoms. The Kier molecular flexibility index (Phi) is 3.90. The summed E-state index contributed by atoms with van der Waals surface area (Å²) in [6.45, 7) is -0.0539. The summed E-state index contributed by atoms with van der Waals surface area (Å²) in [6.07, 6.45) is -2.98. The Bertz CT molecular complexity index is 577. The van der Waals surface area contributed by atoms with Crippen LogP contribution in [0.2, 0.25) is 0 Å². The van der Waals surface area contributed by atoms with E-state index >= 15 is 0 Å². The largest absolute Gasteiger partial charge is 0.450 e. The van der Waals surface area contributed by atoms with Gasteiger partial charge in [-0.2, -0.15) is 18.2 Å². The Labute approximate surface area is 112 Å². The van der Waals surface area contributed by atoms with Crippen LogP contribution in [-0.4, -0.2) is 24.6 Å². The molecule has 0 amide bonds. The number of carbonyl (C=O) groups is 1. The number of hydrogen-bond donors (Lipinski definition) is 1. The van der Waals surface area contributed by atoms with Gasteiger partial charge in [-0.15, -0.1) is 0 Å². The van der Waals surface area contributed by atoms with Crippen molar-refractivity contribution in [3.8, 4) is 0 Å². The zero-order valence-electron chi connectivity index (χ0n) is 10.3. The highest BCUT2D eigenvalue weighted by molar-refractivity contribution is 5.87. The molecule has 0 fully saturated rings. The summed E-state index contributed by atoms with van der Waals surface area (Å²) in [5.41, 5.74) is 1.78. The maximum absolute atomic E-state index is 12.4. The number of nitrogens with zero attached hydrogens (tertiary/aromatic N) is 1. The van der Waals surface area contributed by atoms with Crippen LogP contribution in [0.4, 0.5) is 24.5 Å². The van der Waals surface area contributed by atoms with E-state index in [9.17, 15) is 22.8 Å². The molecule has 0 aromatic heterocycles. The molecule has 1 N–H and O–H groups in total. The van der Waals surface area contributed by atoms with E-state index in [-0.39, 0.29) is 13.0 Å². The van der Waals surface area contributed by atoms with Crippen molar-refractivity contribution >= 4 is 23.2 Å². The fourth-order valence-corrected chi connectivity index (χ4v) is 2.20. The first-order valence-electron chi connectivity index (χ1n) is 5.97. The molecule has 1 aromatic rings. The van der Waals surface area contributed by atoms with Gasteiger partial charge in [0.05, 0.1) is 5.69 Å². The molecule has 1 aromatic carbocycles. The molecule has 7 heteroatoms. The van der Waals surface area contributed by atoms with Gasteiger partial charge in [0.25, 0.3) is 0 Å². The van der Waals surface area contributed by atoms with Crippen LogP contribution in [0.3, 0.4) is 0 Å². The van der Waals surface area contributed by atoms with Gasteiger partial charge in [-0.3, -0.25) is 4.79 Å². The minimum absolute atomic E-state index is 0.0539. The second kappa shape index (κ2) is 5.46. The zero-order chi connectivity index (χ0) is 14.8. The van der Waals surface area contributed by atoms with Crippen molar-refractivity contribution in [2.45, 2.75) is 19.0 Å². The fourth-order valence-electron chi connectivity index (χ4n) is 2.20. The molecular weight excluding hydrogens is 273 g/mol. The van der Waals surface area contributed by atoms with E-state index in [0.29, 0.717) is 17.8 Å². The van der Waals surface area contributed by atoms with Crippen LogP contribution in [0.1, 0.15) is 12.0 Å². The minimum Gasteiger partial charge on any atom is -0.384 e. The van der Waals surface area contributed by atoms with Gasteiger partial charge in [-0.25, -0.2) is 4.79 Å². The van der Waals surface area contributed by atoms with Crippen molar-refractivity contribution in [1.29, 1.82) is 0 Å². The smallest absolute Gasteiger partial charge is 0.384 e. The number of nitrogens with one attached hydrogen (secondary N) is 1. The van der Waals surface area contributed by atoms with E-state index in [0.717, 1.165) is 5.56 Å². The van der Waals surface area contributed by atoms with E-state index in [1.54, 1.807) is 18.2 Å². The molecule has 0 saturated heterocycles. The molecule has 0 saturated carbocycles. The third-order valence-corrected chi connectivity index (χ3v) is 3.21. The molecule has 0 aliphatic carbocycles. The quantitative estimate of drug-likeness (QED) is 0.671. The zero-order valence-corrected chi connectivity index (χ0v) is 10.3. The summed E-state index contributed by atoms with van der Waals surface area (Å²) in [5, 5.41) is 2.84. The molecule has 1 unspecified atom stereocenters. The molecule has 106 valence electrons. The van der Waals surface area contributed by atoms with Crippen LogP contribution in [-0.2, 0) is 16.0 Å². The van der Waals surface area contributed by atoms with Crippen molar-refractivity contribution in [3.63, 3.8) is 0 Å². The van der Waals surface area contributed by atoms with E-state index in [2.05, 4.69) is 10.3 Å². The van der Waals surface area contributed by atoms with E-state index in [1.807, 2.05) is 0 Å². The van der Waals surface area contributed by atoms with Gasteiger partial charge >= 0.3 is 6.18 Å². The lowest BCUT2D eigenvalue weighted by Gasteiger charge is -2.15. The lowest BCUT2D eigenvalue weighted by molar-refractivity contribution is -0.175. The molecule has 0 spiro atoms. The number of benzene rings is 1. The number of anilines is 1. The summed E-state index contributed by atoms with van der Waals surface area (Å²) in [7, 11) is 0. The summed E-state index contributed by atoms with van der Waals surface area (Å²) >= 11 is 0. The molecule has 0 radical (unpaired) electrons.